The van der Waals surface area contributed by atoms with Gasteiger partial charge in [-0.1, -0.05) is 6.92 Å². The molecule has 0 saturated carbocycles. The van der Waals surface area contributed by atoms with Gasteiger partial charge in [0.25, 0.3) is 0 Å². The van der Waals surface area contributed by atoms with Gasteiger partial charge in [0, 0.05) is 24.7 Å². The molecular formula is C17H19F3N2O5. The van der Waals surface area contributed by atoms with Crippen LogP contribution in [-0.2, 0) is 9.59 Å². The van der Waals surface area contributed by atoms with Gasteiger partial charge in [-0.15, -0.1) is 0 Å². The van der Waals surface area contributed by atoms with E-state index in [1.165, 1.54) is 0 Å². The van der Waals surface area contributed by atoms with Crippen LogP contribution in [0.1, 0.15) is 23.7 Å². The van der Waals surface area contributed by atoms with E-state index in [-0.39, 0.29) is 16.9 Å². The molecule has 148 valence electrons. The predicted molar refractivity (Wildman–Crippen MR) is 88.5 cm³/mol. The van der Waals surface area contributed by atoms with E-state index < -0.39 is 18.1 Å². The number of piperidine rings is 1. The van der Waals surface area contributed by atoms with E-state index in [2.05, 4.69) is 5.32 Å². The highest BCUT2D eigenvalue weighted by molar-refractivity contribution is 6.00. The number of hydrogen-bond donors (Lipinski definition) is 3. The summed E-state index contributed by atoms with van der Waals surface area (Å²) in [6.45, 7) is 4.50. The number of carbonyl (C=O) groups excluding carboxylic acids is 1. The van der Waals surface area contributed by atoms with E-state index in [1.807, 2.05) is 6.92 Å². The number of carbonyl (C=O) groups is 3. The molecule has 10 heteroatoms. The second-order valence-electron chi connectivity index (χ2n) is 6.64. The Morgan fingerprint density at radius 1 is 1.22 bits per heavy atom. The first-order valence-corrected chi connectivity index (χ1v) is 8.13. The first-order chi connectivity index (χ1) is 12.5. The number of nitrogens with one attached hydrogen (secondary N) is 1. The van der Waals surface area contributed by atoms with Crippen molar-refractivity contribution in [2.75, 3.05) is 24.5 Å². The monoisotopic (exact) mass is 388 g/mol. The third-order valence-corrected chi connectivity index (χ3v) is 4.92. The van der Waals surface area contributed by atoms with E-state index in [9.17, 15) is 22.8 Å². The van der Waals surface area contributed by atoms with Crippen LogP contribution in [0.4, 0.5) is 18.9 Å². The lowest BCUT2D eigenvalue weighted by molar-refractivity contribution is -0.192. The maximum Gasteiger partial charge on any atom is 0.490 e. The molecule has 2 aliphatic rings. The Morgan fingerprint density at radius 3 is 2.22 bits per heavy atom. The van der Waals surface area contributed by atoms with Crippen molar-refractivity contribution in [3.8, 4) is 0 Å². The predicted octanol–water partition coefficient (Wildman–Crippen LogP) is 1.98. The maximum absolute atomic E-state index is 12.7. The minimum Gasteiger partial charge on any atom is -0.478 e. The molecule has 2 aliphatic heterocycles. The Morgan fingerprint density at radius 2 is 1.78 bits per heavy atom. The molecule has 7 nitrogen and oxygen atoms in total. The van der Waals surface area contributed by atoms with Crippen LogP contribution in [0.25, 0.3) is 0 Å². The number of aliphatic carboxylic acids is 1. The Bertz CT molecular complexity index is 735. The molecule has 2 unspecified atom stereocenters. The third kappa shape index (κ3) is 4.38. The number of nitrogens with zero attached hydrogens (tertiary/aromatic N) is 1. The van der Waals surface area contributed by atoms with Crippen LogP contribution in [0.15, 0.2) is 24.3 Å². The molecule has 0 bridgehead atoms. The van der Waals surface area contributed by atoms with E-state index >= 15 is 0 Å². The third-order valence-electron chi connectivity index (χ3n) is 4.92. The molecule has 1 aromatic rings. The van der Waals surface area contributed by atoms with Crippen molar-refractivity contribution in [2.24, 2.45) is 11.3 Å². The summed E-state index contributed by atoms with van der Waals surface area (Å²) in [7, 11) is 0. The Balaban J connectivity index is 0.000000321. The smallest absolute Gasteiger partial charge is 0.478 e. The Kier molecular flexibility index (Phi) is 5.79. The number of halogens is 3. The van der Waals surface area contributed by atoms with Gasteiger partial charge >= 0.3 is 18.1 Å². The van der Waals surface area contributed by atoms with E-state index in [4.69, 9.17) is 15.0 Å². The highest BCUT2D eigenvalue weighted by Gasteiger charge is 2.51. The van der Waals surface area contributed by atoms with Crippen molar-refractivity contribution in [2.45, 2.75) is 19.5 Å². The number of carboxylic acids is 2. The summed E-state index contributed by atoms with van der Waals surface area (Å²) in [5.41, 5.74) is 0.748. The van der Waals surface area contributed by atoms with Crippen molar-refractivity contribution < 1.29 is 37.8 Å². The molecule has 2 heterocycles. The second-order valence-corrected chi connectivity index (χ2v) is 6.64. The van der Waals surface area contributed by atoms with Gasteiger partial charge in [0.1, 0.15) is 0 Å². The van der Waals surface area contributed by atoms with Crippen molar-refractivity contribution in [3.63, 3.8) is 0 Å². The lowest BCUT2D eigenvalue weighted by Crippen LogP contribution is -2.44. The number of alkyl halides is 3. The van der Waals surface area contributed by atoms with Crippen LogP contribution in [0, 0.1) is 11.3 Å². The van der Waals surface area contributed by atoms with Crippen molar-refractivity contribution in [3.05, 3.63) is 29.8 Å². The van der Waals surface area contributed by atoms with Crippen molar-refractivity contribution in [1.29, 1.82) is 0 Å². The van der Waals surface area contributed by atoms with Crippen LogP contribution in [-0.4, -0.2) is 53.9 Å². The molecule has 0 radical (unpaired) electrons. The average molecular weight is 388 g/mol. The Hall–Kier alpha value is -2.62. The zero-order valence-corrected chi connectivity index (χ0v) is 14.4. The van der Waals surface area contributed by atoms with Gasteiger partial charge in [-0.3, -0.25) is 4.79 Å². The number of rotatable bonds is 2. The van der Waals surface area contributed by atoms with Crippen molar-refractivity contribution in [1.82, 2.24) is 5.32 Å². The zero-order valence-electron chi connectivity index (χ0n) is 14.4. The summed E-state index contributed by atoms with van der Waals surface area (Å²) in [4.78, 5) is 34.2. The molecular weight excluding hydrogens is 369 g/mol. The number of fused-ring (bicyclic) bond motifs is 1. The number of hydrogen-bond acceptors (Lipinski definition) is 4. The Labute approximate surface area is 152 Å². The first-order valence-electron chi connectivity index (χ1n) is 8.13. The normalized spacial score (nSPS) is 24.7. The molecule has 1 aromatic carbocycles. The standard InChI is InChI=1S/C15H18N2O3.C2HF3O2/c1-15-6-7-16-8-11(15)9-17(14(15)20)12-4-2-10(3-5-12)13(18)19;3-2(4,5)1(6)7/h2-5,11,16H,6-9H2,1H3,(H,18,19);(H,6,7). The second kappa shape index (κ2) is 7.55. The lowest BCUT2D eigenvalue weighted by atomic mass is 9.74. The number of amides is 1. The topological polar surface area (TPSA) is 107 Å². The number of benzene rings is 1. The summed E-state index contributed by atoms with van der Waals surface area (Å²) in [5, 5.41) is 19.4. The number of aromatic carboxylic acids is 1. The molecule has 3 rings (SSSR count). The van der Waals surface area contributed by atoms with Crippen molar-refractivity contribution >= 4 is 23.5 Å². The minimum atomic E-state index is -5.08. The summed E-state index contributed by atoms with van der Waals surface area (Å²) >= 11 is 0. The first kappa shape index (κ1) is 20.7. The van der Waals surface area contributed by atoms with Gasteiger partial charge in [-0.25, -0.2) is 9.59 Å². The largest absolute Gasteiger partial charge is 0.490 e. The number of carboxylic acid groups (broad SMARTS) is 2. The van der Waals surface area contributed by atoms with Gasteiger partial charge in [-0.2, -0.15) is 13.2 Å². The van der Waals surface area contributed by atoms with Gasteiger partial charge in [0.15, 0.2) is 0 Å². The molecule has 0 aliphatic carbocycles. The summed E-state index contributed by atoms with van der Waals surface area (Å²) < 4.78 is 31.7. The maximum atomic E-state index is 12.7. The fourth-order valence-electron chi connectivity index (χ4n) is 3.22. The highest BCUT2D eigenvalue weighted by Crippen LogP contribution is 2.43. The fraction of sp³-hybridized carbons (Fsp3) is 0.471. The van der Waals surface area contributed by atoms with Gasteiger partial charge in [0.2, 0.25) is 5.91 Å². The van der Waals surface area contributed by atoms with Crippen LogP contribution in [0.5, 0.6) is 0 Å². The van der Waals surface area contributed by atoms with Gasteiger partial charge in [0.05, 0.1) is 11.0 Å². The fourth-order valence-corrected chi connectivity index (χ4v) is 3.22. The summed E-state index contributed by atoms with van der Waals surface area (Å²) in [5.74, 6) is -3.23. The summed E-state index contributed by atoms with van der Waals surface area (Å²) in [6.07, 6.45) is -4.22. The van der Waals surface area contributed by atoms with Crippen LogP contribution in [0.3, 0.4) is 0 Å². The van der Waals surface area contributed by atoms with Crippen LogP contribution >= 0.6 is 0 Å². The quantitative estimate of drug-likeness (QED) is 0.715. The van der Waals surface area contributed by atoms with E-state index in [0.29, 0.717) is 12.5 Å². The van der Waals surface area contributed by atoms with Gasteiger partial charge in [-0.05, 0) is 37.2 Å². The summed E-state index contributed by atoms with van der Waals surface area (Å²) in [6, 6.07) is 6.53. The molecule has 1 amide bonds. The zero-order chi connectivity index (χ0) is 20.4. The molecule has 2 atom stereocenters. The van der Waals surface area contributed by atoms with Gasteiger partial charge < -0.3 is 20.4 Å². The van der Waals surface area contributed by atoms with E-state index in [0.717, 1.165) is 25.2 Å². The molecule has 0 aromatic heterocycles. The molecule has 2 saturated heterocycles. The molecule has 0 spiro atoms. The highest BCUT2D eigenvalue weighted by atomic mass is 19.4. The van der Waals surface area contributed by atoms with E-state index in [1.54, 1.807) is 29.2 Å². The lowest BCUT2D eigenvalue weighted by Gasteiger charge is -2.33. The number of anilines is 1. The minimum absolute atomic E-state index is 0.159. The van der Waals surface area contributed by atoms with Crippen LogP contribution in [0.2, 0.25) is 0 Å². The molecule has 2 fully saturated rings. The molecule has 27 heavy (non-hydrogen) atoms. The average Bonchev–Trinajstić information content (AvgIpc) is 2.86. The molecule has 3 N–H and O–H groups in total. The van der Waals surface area contributed by atoms with Crippen LogP contribution < -0.4 is 10.2 Å². The SMILES string of the molecule is CC12CCNCC1CN(c1ccc(C(=O)O)cc1)C2=O.O=C(O)C(F)(F)F.